The minimum Gasteiger partial charge on any atom is -0.459 e. The predicted octanol–water partition coefficient (Wildman–Crippen LogP) is 8.45. The molecule has 168 valence electrons. The molecule has 0 spiro atoms. The van der Waals surface area contributed by atoms with Crippen LogP contribution < -0.4 is 0 Å². The molecule has 1 aromatic carbocycles. The molecule has 2 nitrogen and oxygen atoms in total. The molecule has 0 atom stereocenters. The van der Waals surface area contributed by atoms with Crippen LogP contribution in [0, 0.1) is 11.8 Å². The summed E-state index contributed by atoms with van der Waals surface area (Å²) in [5.41, 5.74) is 2.13. The first-order valence-corrected chi connectivity index (χ1v) is 13.0. The van der Waals surface area contributed by atoms with Crippen LogP contribution in [0.15, 0.2) is 24.3 Å². The SMILES string of the molecule is CCCCCCC1CCC(OC(=O)c2ccc(C3CCC(CCC)CC3)cc2)CC1. The number of carbonyl (C=O) groups excluding carboxylic acids is 1. The lowest BCUT2D eigenvalue weighted by Gasteiger charge is -2.29. The Kier molecular flexibility index (Phi) is 9.75. The second-order valence-electron chi connectivity index (χ2n) is 10.0. The Balaban J connectivity index is 1.39. The summed E-state index contributed by atoms with van der Waals surface area (Å²) in [4.78, 5) is 12.6. The van der Waals surface area contributed by atoms with Crippen LogP contribution in [-0.2, 0) is 4.74 Å². The van der Waals surface area contributed by atoms with E-state index in [1.165, 1.54) is 89.0 Å². The topological polar surface area (TPSA) is 26.3 Å². The average Bonchev–Trinajstić information content (AvgIpc) is 2.79. The molecule has 0 aromatic heterocycles. The van der Waals surface area contributed by atoms with E-state index in [0.717, 1.165) is 30.2 Å². The monoisotopic (exact) mass is 412 g/mol. The third-order valence-corrected chi connectivity index (χ3v) is 7.69. The van der Waals surface area contributed by atoms with E-state index in [0.29, 0.717) is 5.92 Å². The lowest BCUT2D eigenvalue weighted by atomic mass is 9.77. The molecule has 2 aliphatic rings. The van der Waals surface area contributed by atoms with Crippen molar-refractivity contribution in [2.45, 2.75) is 122 Å². The molecule has 3 rings (SSSR count). The van der Waals surface area contributed by atoms with Crippen molar-refractivity contribution in [1.82, 2.24) is 0 Å². The molecule has 0 aliphatic heterocycles. The van der Waals surface area contributed by atoms with Crippen molar-refractivity contribution < 1.29 is 9.53 Å². The zero-order valence-corrected chi connectivity index (χ0v) is 19.5. The molecule has 0 saturated heterocycles. The number of hydrogen-bond donors (Lipinski definition) is 0. The van der Waals surface area contributed by atoms with E-state index in [1.54, 1.807) is 0 Å². The molecule has 2 fully saturated rings. The smallest absolute Gasteiger partial charge is 0.338 e. The molecular weight excluding hydrogens is 368 g/mol. The highest BCUT2D eigenvalue weighted by Crippen LogP contribution is 2.37. The first kappa shape index (κ1) is 23.4. The van der Waals surface area contributed by atoms with Crippen molar-refractivity contribution in [3.63, 3.8) is 0 Å². The van der Waals surface area contributed by atoms with Crippen LogP contribution in [-0.4, -0.2) is 12.1 Å². The quantitative estimate of drug-likeness (QED) is 0.284. The third kappa shape index (κ3) is 7.13. The minimum atomic E-state index is -0.125. The third-order valence-electron chi connectivity index (χ3n) is 7.69. The number of rotatable bonds is 10. The number of esters is 1. The van der Waals surface area contributed by atoms with Gasteiger partial charge in [0.2, 0.25) is 0 Å². The Morgan fingerprint density at radius 3 is 2.03 bits per heavy atom. The zero-order chi connectivity index (χ0) is 21.2. The molecule has 0 N–H and O–H groups in total. The normalized spacial score (nSPS) is 27.0. The van der Waals surface area contributed by atoms with Crippen LogP contribution in [0.3, 0.4) is 0 Å². The summed E-state index contributed by atoms with van der Waals surface area (Å²) >= 11 is 0. The number of benzene rings is 1. The van der Waals surface area contributed by atoms with Gasteiger partial charge in [-0.2, -0.15) is 0 Å². The maximum absolute atomic E-state index is 12.6. The van der Waals surface area contributed by atoms with Crippen molar-refractivity contribution in [3.8, 4) is 0 Å². The summed E-state index contributed by atoms with van der Waals surface area (Å²) in [6, 6.07) is 8.34. The molecule has 2 aliphatic carbocycles. The first-order chi connectivity index (χ1) is 14.7. The van der Waals surface area contributed by atoms with E-state index in [9.17, 15) is 4.79 Å². The van der Waals surface area contributed by atoms with Crippen LogP contribution in [0.4, 0.5) is 0 Å². The van der Waals surface area contributed by atoms with Gasteiger partial charge in [-0.05, 0) is 86.8 Å². The number of hydrogen-bond acceptors (Lipinski definition) is 2. The molecule has 0 radical (unpaired) electrons. The molecule has 0 bridgehead atoms. The van der Waals surface area contributed by atoms with Gasteiger partial charge in [0, 0.05) is 0 Å². The van der Waals surface area contributed by atoms with E-state index in [4.69, 9.17) is 4.74 Å². The van der Waals surface area contributed by atoms with Gasteiger partial charge in [-0.3, -0.25) is 0 Å². The van der Waals surface area contributed by atoms with Gasteiger partial charge >= 0.3 is 5.97 Å². The lowest BCUT2D eigenvalue weighted by molar-refractivity contribution is 0.0161. The van der Waals surface area contributed by atoms with Gasteiger partial charge in [0.1, 0.15) is 6.10 Å². The Hall–Kier alpha value is -1.31. The maximum atomic E-state index is 12.6. The summed E-state index contributed by atoms with van der Waals surface area (Å²) in [5.74, 6) is 2.34. The van der Waals surface area contributed by atoms with Crippen LogP contribution >= 0.6 is 0 Å². The highest BCUT2D eigenvalue weighted by atomic mass is 16.5. The molecule has 0 unspecified atom stereocenters. The second kappa shape index (κ2) is 12.5. The van der Waals surface area contributed by atoms with E-state index >= 15 is 0 Å². The van der Waals surface area contributed by atoms with Crippen molar-refractivity contribution in [3.05, 3.63) is 35.4 Å². The highest BCUT2D eigenvalue weighted by molar-refractivity contribution is 5.89. The fourth-order valence-corrected chi connectivity index (χ4v) is 5.70. The fourth-order valence-electron chi connectivity index (χ4n) is 5.70. The van der Waals surface area contributed by atoms with Crippen LogP contribution in [0.2, 0.25) is 0 Å². The van der Waals surface area contributed by atoms with Crippen LogP contribution in [0.1, 0.15) is 132 Å². The summed E-state index contributed by atoms with van der Waals surface area (Å²) in [6.45, 7) is 4.57. The molecule has 2 heteroatoms. The summed E-state index contributed by atoms with van der Waals surface area (Å²) in [5, 5.41) is 0. The summed E-state index contributed by atoms with van der Waals surface area (Å²) in [7, 11) is 0. The molecule has 0 amide bonds. The van der Waals surface area contributed by atoms with E-state index < -0.39 is 0 Å². The standard InChI is InChI=1S/C28H44O2/c1-3-5-6-7-9-23-12-20-27(21-13-23)30-28(29)26-18-16-25(17-19-26)24-14-10-22(8-4-2)11-15-24/h16-19,22-24,27H,3-15,20-21H2,1-2H3. The Morgan fingerprint density at radius 2 is 1.40 bits per heavy atom. The maximum Gasteiger partial charge on any atom is 0.338 e. The van der Waals surface area contributed by atoms with Gasteiger partial charge in [0.05, 0.1) is 5.56 Å². The number of ether oxygens (including phenoxy) is 1. The molecular formula is C28H44O2. The highest BCUT2D eigenvalue weighted by Gasteiger charge is 2.25. The fraction of sp³-hybridized carbons (Fsp3) is 0.750. The molecule has 1 aromatic rings. The Morgan fingerprint density at radius 1 is 0.767 bits per heavy atom. The van der Waals surface area contributed by atoms with Gasteiger partial charge in [0.15, 0.2) is 0 Å². The van der Waals surface area contributed by atoms with Gasteiger partial charge in [-0.15, -0.1) is 0 Å². The largest absolute Gasteiger partial charge is 0.459 e. The van der Waals surface area contributed by atoms with Crippen LogP contribution in [0.25, 0.3) is 0 Å². The molecule has 30 heavy (non-hydrogen) atoms. The van der Waals surface area contributed by atoms with Crippen molar-refractivity contribution in [1.29, 1.82) is 0 Å². The van der Waals surface area contributed by atoms with Gasteiger partial charge in [-0.25, -0.2) is 4.79 Å². The van der Waals surface area contributed by atoms with Gasteiger partial charge < -0.3 is 4.74 Å². The van der Waals surface area contributed by atoms with Gasteiger partial charge in [-0.1, -0.05) is 70.9 Å². The van der Waals surface area contributed by atoms with Crippen molar-refractivity contribution in [2.75, 3.05) is 0 Å². The van der Waals surface area contributed by atoms with E-state index in [1.807, 2.05) is 12.1 Å². The predicted molar refractivity (Wildman–Crippen MR) is 126 cm³/mol. The van der Waals surface area contributed by atoms with Gasteiger partial charge in [0.25, 0.3) is 0 Å². The minimum absolute atomic E-state index is 0.123. The summed E-state index contributed by atoms with van der Waals surface area (Å²) in [6.07, 6.45) is 19.5. The number of unbranched alkanes of at least 4 members (excludes halogenated alkanes) is 3. The van der Waals surface area contributed by atoms with Crippen molar-refractivity contribution >= 4 is 5.97 Å². The van der Waals surface area contributed by atoms with E-state index in [-0.39, 0.29) is 12.1 Å². The Labute approximate surface area is 185 Å². The molecule has 0 heterocycles. The summed E-state index contributed by atoms with van der Waals surface area (Å²) < 4.78 is 5.86. The van der Waals surface area contributed by atoms with Crippen LogP contribution in [0.5, 0.6) is 0 Å². The molecule has 2 saturated carbocycles. The second-order valence-corrected chi connectivity index (χ2v) is 10.0. The van der Waals surface area contributed by atoms with Crippen molar-refractivity contribution in [2.24, 2.45) is 11.8 Å². The van der Waals surface area contributed by atoms with E-state index in [2.05, 4.69) is 26.0 Å². The average molecular weight is 413 g/mol. The number of carbonyl (C=O) groups is 1. The zero-order valence-electron chi connectivity index (χ0n) is 19.5. The Bertz CT molecular complexity index is 604. The first-order valence-electron chi connectivity index (χ1n) is 13.0. The lowest BCUT2D eigenvalue weighted by Crippen LogP contribution is -2.24.